The second-order valence-electron chi connectivity index (χ2n) is 3.79. The molecule has 0 radical (unpaired) electrons. The number of hydrogen-bond donors (Lipinski definition) is 2. The summed E-state index contributed by atoms with van der Waals surface area (Å²) in [6.07, 6.45) is -0.346. The Hall–Kier alpha value is -0.100. The van der Waals surface area contributed by atoms with Gasteiger partial charge in [-0.15, -0.1) is 0 Å². The number of nitrogens with one attached hydrogen (secondary N) is 1. The molecule has 1 aromatic carbocycles. The van der Waals surface area contributed by atoms with Gasteiger partial charge in [0.2, 0.25) is 0 Å². The van der Waals surface area contributed by atoms with E-state index in [0.717, 1.165) is 20.3 Å². The third kappa shape index (κ3) is 4.95. The van der Waals surface area contributed by atoms with E-state index in [0.29, 0.717) is 19.7 Å². The van der Waals surface area contributed by atoms with Crippen LogP contribution in [0.3, 0.4) is 0 Å². The molecule has 17 heavy (non-hydrogen) atoms. The maximum Gasteiger partial charge on any atom is 0.138 e. The highest BCUT2D eigenvalue weighted by atomic mass is 79.9. The number of halogens is 2. The fourth-order valence-corrected chi connectivity index (χ4v) is 2.89. The Morgan fingerprint density at radius 1 is 1.41 bits per heavy atom. The van der Waals surface area contributed by atoms with Crippen LogP contribution in [0.1, 0.15) is 19.4 Å². The number of benzene rings is 1. The lowest BCUT2D eigenvalue weighted by molar-refractivity contribution is 0.190. The summed E-state index contributed by atoms with van der Waals surface area (Å²) in [6.45, 7) is 5.58. The van der Waals surface area contributed by atoms with Crippen molar-refractivity contribution in [1.82, 2.24) is 5.32 Å². The molecule has 0 aromatic heterocycles. The minimum absolute atomic E-state index is 0.346. The van der Waals surface area contributed by atoms with E-state index in [2.05, 4.69) is 37.2 Å². The minimum atomic E-state index is -0.346. The van der Waals surface area contributed by atoms with Crippen LogP contribution in [-0.2, 0) is 6.54 Å². The predicted octanol–water partition coefficient (Wildman–Crippen LogP) is 3.08. The van der Waals surface area contributed by atoms with Crippen LogP contribution in [0.25, 0.3) is 0 Å². The Balaban J connectivity index is 2.80. The molecule has 1 atom stereocenters. The lowest BCUT2D eigenvalue weighted by Crippen LogP contribution is -2.24. The molecule has 2 N–H and O–H groups in total. The molecular formula is C12H17Br2NO2. The molecule has 0 bridgehead atoms. The van der Waals surface area contributed by atoms with Crippen molar-refractivity contribution in [3.05, 3.63) is 26.6 Å². The van der Waals surface area contributed by atoms with Crippen LogP contribution in [-0.4, -0.2) is 24.4 Å². The average molecular weight is 367 g/mol. The van der Waals surface area contributed by atoms with Crippen LogP contribution in [0.15, 0.2) is 21.1 Å². The maximum absolute atomic E-state index is 9.20. The van der Waals surface area contributed by atoms with E-state index in [1.807, 2.05) is 19.1 Å². The SMILES string of the molecule is CCOc1c(Br)cc(Br)cc1CNCC(C)O. The fraction of sp³-hybridized carbons (Fsp3) is 0.500. The summed E-state index contributed by atoms with van der Waals surface area (Å²) >= 11 is 6.94. The van der Waals surface area contributed by atoms with Gasteiger partial charge in [0.15, 0.2) is 0 Å². The molecule has 0 aliphatic heterocycles. The topological polar surface area (TPSA) is 41.5 Å². The Kier molecular flexibility index (Phi) is 6.48. The Labute approximate surface area is 119 Å². The second-order valence-corrected chi connectivity index (χ2v) is 5.56. The van der Waals surface area contributed by atoms with Gasteiger partial charge in [-0.3, -0.25) is 0 Å². The van der Waals surface area contributed by atoms with Crippen molar-refractivity contribution >= 4 is 31.9 Å². The molecule has 0 spiro atoms. The highest BCUT2D eigenvalue weighted by Gasteiger charge is 2.09. The van der Waals surface area contributed by atoms with E-state index in [1.54, 1.807) is 6.92 Å². The van der Waals surface area contributed by atoms with Crippen LogP contribution < -0.4 is 10.1 Å². The highest BCUT2D eigenvalue weighted by Crippen LogP contribution is 2.32. The summed E-state index contributed by atoms with van der Waals surface area (Å²) in [4.78, 5) is 0. The molecule has 0 aliphatic rings. The van der Waals surface area contributed by atoms with Gasteiger partial charge < -0.3 is 15.2 Å². The van der Waals surface area contributed by atoms with Crippen molar-refractivity contribution in [1.29, 1.82) is 0 Å². The van der Waals surface area contributed by atoms with Crippen molar-refractivity contribution in [2.45, 2.75) is 26.5 Å². The Morgan fingerprint density at radius 2 is 2.12 bits per heavy atom. The zero-order valence-corrected chi connectivity index (χ0v) is 13.1. The van der Waals surface area contributed by atoms with Gasteiger partial charge in [0.05, 0.1) is 17.2 Å². The molecule has 1 unspecified atom stereocenters. The molecule has 1 rings (SSSR count). The maximum atomic E-state index is 9.20. The first kappa shape index (κ1) is 15.0. The third-order valence-electron chi connectivity index (χ3n) is 2.13. The van der Waals surface area contributed by atoms with Gasteiger partial charge in [-0.05, 0) is 41.9 Å². The molecule has 0 saturated carbocycles. The summed E-state index contributed by atoms with van der Waals surface area (Å²) in [6, 6.07) is 3.98. The summed E-state index contributed by atoms with van der Waals surface area (Å²) in [5.74, 6) is 0.855. The summed E-state index contributed by atoms with van der Waals surface area (Å²) in [5.41, 5.74) is 1.06. The number of ether oxygens (including phenoxy) is 1. The smallest absolute Gasteiger partial charge is 0.138 e. The van der Waals surface area contributed by atoms with E-state index in [-0.39, 0.29) is 6.10 Å². The Morgan fingerprint density at radius 3 is 2.71 bits per heavy atom. The Bertz CT molecular complexity index is 370. The molecular weight excluding hydrogens is 350 g/mol. The summed E-state index contributed by atoms with van der Waals surface area (Å²) in [7, 11) is 0. The van der Waals surface area contributed by atoms with Crippen molar-refractivity contribution in [2.24, 2.45) is 0 Å². The van der Waals surface area contributed by atoms with Crippen molar-refractivity contribution in [3.8, 4) is 5.75 Å². The number of aliphatic hydroxyl groups excluding tert-OH is 1. The normalized spacial score (nSPS) is 12.5. The van der Waals surface area contributed by atoms with Crippen molar-refractivity contribution in [3.63, 3.8) is 0 Å². The first-order valence-corrected chi connectivity index (χ1v) is 7.12. The van der Waals surface area contributed by atoms with E-state index >= 15 is 0 Å². The van der Waals surface area contributed by atoms with Crippen LogP contribution in [0.4, 0.5) is 0 Å². The molecule has 0 heterocycles. The van der Waals surface area contributed by atoms with E-state index in [9.17, 15) is 5.11 Å². The first-order chi connectivity index (χ1) is 8.04. The zero-order valence-electron chi connectivity index (χ0n) is 9.96. The van der Waals surface area contributed by atoms with Crippen LogP contribution in [0, 0.1) is 0 Å². The van der Waals surface area contributed by atoms with Crippen LogP contribution >= 0.6 is 31.9 Å². The standard InChI is InChI=1S/C12H17Br2NO2/c1-3-17-12-9(7-15-6-8(2)16)4-10(13)5-11(12)14/h4-5,8,15-16H,3,6-7H2,1-2H3. The van der Waals surface area contributed by atoms with E-state index < -0.39 is 0 Å². The van der Waals surface area contributed by atoms with Gasteiger partial charge in [-0.1, -0.05) is 15.9 Å². The minimum Gasteiger partial charge on any atom is -0.492 e. The predicted molar refractivity (Wildman–Crippen MR) is 76.4 cm³/mol. The van der Waals surface area contributed by atoms with Gasteiger partial charge in [0, 0.05) is 23.1 Å². The number of aliphatic hydroxyl groups is 1. The van der Waals surface area contributed by atoms with Gasteiger partial charge in [-0.2, -0.15) is 0 Å². The average Bonchev–Trinajstić information content (AvgIpc) is 2.22. The summed E-state index contributed by atoms with van der Waals surface area (Å²) in [5, 5.41) is 12.4. The van der Waals surface area contributed by atoms with E-state index in [4.69, 9.17) is 4.74 Å². The molecule has 0 saturated heterocycles. The molecule has 0 aliphatic carbocycles. The van der Waals surface area contributed by atoms with Gasteiger partial charge in [0.1, 0.15) is 5.75 Å². The zero-order chi connectivity index (χ0) is 12.8. The van der Waals surface area contributed by atoms with Crippen LogP contribution in [0.5, 0.6) is 5.75 Å². The lowest BCUT2D eigenvalue weighted by Gasteiger charge is -2.14. The molecule has 0 amide bonds. The number of rotatable bonds is 6. The first-order valence-electron chi connectivity index (χ1n) is 5.54. The molecule has 96 valence electrons. The molecule has 5 heteroatoms. The van der Waals surface area contributed by atoms with Gasteiger partial charge in [-0.25, -0.2) is 0 Å². The van der Waals surface area contributed by atoms with Crippen LogP contribution in [0.2, 0.25) is 0 Å². The molecule has 3 nitrogen and oxygen atoms in total. The monoisotopic (exact) mass is 365 g/mol. The summed E-state index contributed by atoms with van der Waals surface area (Å²) < 4.78 is 7.54. The highest BCUT2D eigenvalue weighted by molar-refractivity contribution is 9.11. The quantitative estimate of drug-likeness (QED) is 0.812. The lowest BCUT2D eigenvalue weighted by atomic mass is 10.2. The van der Waals surface area contributed by atoms with Crippen molar-refractivity contribution in [2.75, 3.05) is 13.2 Å². The largest absolute Gasteiger partial charge is 0.492 e. The second kappa shape index (κ2) is 7.36. The molecule has 0 fully saturated rings. The van der Waals surface area contributed by atoms with Crippen molar-refractivity contribution < 1.29 is 9.84 Å². The van der Waals surface area contributed by atoms with Gasteiger partial charge in [0.25, 0.3) is 0 Å². The van der Waals surface area contributed by atoms with Gasteiger partial charge >= 0.3 is 0 Å². The van der Waals surface area contributed by atoms with E-state index in [1.165, 1.54) is 0 Å². The molecule has 1 aromatic rings. The number of hydrogen-bond acceptors (Lipinski definition) is 3. The fourth-order valence-electron chi connectivity index (χ4n) is 1.47. The third-order valence-corrected chi connectivity index (χ3v) is 3.18.